The van der Waals surface area contributed by atoms with Crippen LogP contribution in [0, 0.1) is 5.92 Å². The van der Waals surface area contributed by atoms with Gasteiger partial charge in [-0.2, -0.15) is 13.1 Å². The van der Waals surface area contributed by atoms with Gasteiger partial charge in [-0.05, 0) is 18.8 Å². The molecular weight excluding hydrogens is 238 g/mol. The van der Waals surface area contributed by atoms with E-state index in [1.165, 1.54) is 0 Å². The second-order valence-corrected chi connectivity index (χ2v) is 5.96. The van der Waals surface area contributed by atoms with Crippen molar-refractivity contribution in [3.8, 4) is 0 Å². The summed E-state index contributed by atoms with van der Waals surface area (Å²) in [6.45, 7) is 2.27. The molecule has 4 nitrogen and oxygen atoms in total. The van der Waals surface area contributed by atoms with Crippen LogP contribution in [0.15, 0.2) is 0 Å². The Labute approximate surface area is 94.8 Å². The van der Waals surface area contributed by atoms with E-state index in [2.05, 4.69) is 0 Å². The van der Waals surface area contributed by atoms with Gasteiger partial charge < -0.3 is 5.73 Å². The summed E-state index contributed by atoms with van der Waals surface area (Å²) in [4.78, 5) is 0. The van der Waals surface area contributed by atoms with Gasteiger partial charge in [0.1, 0.15) is 0 Å². The molecule has 0 radical (unpaired) electrons. The predicted octanol–water partition coefficient (Wildman–Crippen LogP) is 0.988. The van der Waals surface area contributed by atoms with Crippen molar-refractivity contribution in [3.05, 3.63) is 0 Å². The Bertz CT molecular complexity index is 321. The molecule has 1 saturated heterocycles. The molecule has 1 rings (SSSR count). The Morgan fingerprint density at radius 2 is 2.12 bits per heavy atom. The summed E-state index contributed by atoms with van der Waals surface area (Å²) in [5.41, 5.74) is 5.46. The Hall–Kier alpha value is -0.270. The van der Waals surface area contributed by atoms with Crippen molar-refractivity contribution < 1.29 is 17.2 Å². The summed E-state index contributed by atoms with van der Waals surface area (Å²) in [5, 5.41) is 0. The van der Waals surface area contributed by atoms with Crippen molar-refractivity contribution in [2.45, 2.75) is 38.0 Å². The third-order valence-electron chi connectivity index (χ3n) is 3.17. The number of nitrogens with zero attached hydrogens (tertiary/aromatic N) is 1. The van der Waals surface area contributed by atoms with Crippen molar-refractivity contribution >= 4 is 10.0 Å². The minimum absolute atomic E-state index is 0.0997. The van der Waals surface area contributed by atoms with Gasteiger partial charge in [0, 0.05) is 19.1 Å². The summed E-state index contributed by atoms with van der Waals surface area (Å²) >= 11 is 0. The van der Waals surface area contributed by atoms with Crippen LogP contribution in [0.25, 0.3) is 0 Å². The van der Waals surface area contributed by atoms with E-state index in [0.717, 1.165) is 10.7 Å². The van der Waals surface area contributed by atoms with Crippen LogP contribution < -0.4 is 5.73 Å². The van der Waals surface area contributed by atoms with Crippen LogP contribution in [0.1, 0.15) is 26.2 Å². The first-order valence-corrected chi connectivity index (χ1v) is 6.92. The Balaban J connectivity index is 2.82. The highest BCUT2D eigenvalue weighted by molar-refractivity contribution is 7.89. The van der Waals surface area contributed by atoms with E-state index in [1.807, 2.05) is 6.92 Å². The molecule has 2 atom stereocenters. The smallest absolute Gasteiger partial charge is 0.329 e. The molecule has 0 aromatic rings. The number of nitrogens with two attached hydrogens (primary N) is 1. The molecule has 1 fully saturated rings. The molecule has 0 aromatic heterocycles. The molecule has 7 heteroatoms. The van der Waals surface area contributed by atoms with E-state index in [-0.39, 0.29) is 13.1 Å². The average Bonchev–Trinajstić information content (AvgIpc) is 2.27. The molecule has 2 unspecified atom stereocenters. The number of rotatable bonds is 4. The first-order chi connectivity index (χ1) is 7.43. The molecule has 1 aliphatic heterocycles. The molecule has 0 aliphatic carbocycles. The predicted molar refractivity (Wildman–Crippen MR) is 57.5 cm³/mol. The van der Waals surface area contributed by atoms with Crippen LogP contribution in [-0.2, 0) is 10.0 Å². The normalized spacial score (nSPS) is 28.6. The third-order valence-corrected chi connectivity index (χ3v) is 4.76. The maximum atomic E-state index is 12.4. The largest absolute Gasteiger partial charge is 0.350 e. The molecule has 0 saturated carbocycles. The van der Waals surface area contributed by atoms with Crippen molar-refractivity contribution in [3.63, 3.8) is 0 Å². The van der Waals surface area contributed by atoms with E-state index < -0.39 is 21.8 Å². The molecule has 0 aromatic carbocycles. The quantitative estimate of drug-likeness (QED) is 0.815. The summed E-state index contributed by atoms with van der Waals surface area (Å²) in [5.74, 6) is -2.96. The topological polar surface area (TPSA) is 63.4 Å². The fraction of sp³-hybridized carbons (Fsp3) is 1.00. The highest BCUT2D eigenvalue weighted by atomic mass is 32.2. The molecule has 2 N–H and O–H groups in total. The van der Waals surface area contributed by atoms with Gasteiger partial charge in [0.2, 0.25) is 0 Å². The van der Waals surface area contributed by atoms with Crippen LogP contribution in [-0.4, -0.2) is 37.6 Å². The number of piperidine rings is 1. The number of hydrogen-bond acceptors (Lipinski definition) is 3. The maximum Gasteiger partial charge on any atom is 0.350 e. The number of hydrogen-bond donors (Lipinski definition) is 1. The highest BCUT2D eigenvalue weighted by Gasteiger charge is 2.39. The monoisotopic (exact) mass is 256 g/mol. The molecule has 0 bridgehead atoms. The van der Waals surface area contributed by atoms with Crippen molar-refractivity contribution in [1.29, 1.82) is 0 Å². The number of sulfonamides is 1. The second-order valence-electron chi connectivity index (χ2n) is 4.10. The molecular formula is C9H18F2N2O2S. The molecule has 1 heterocycles. The zero-order chi connectivity index (χ0) is 12.3. The molecule has 16 heavy (non-hydrogen) atoms. The lowest BCUT2D eigenvalue weighted by molar-refractivity contribution is 0.168. The molecule has 0 spiro atoms. The van der Waals surface area contributed by atoms with Gasteiger partial charge in [0.15, 0.2) is 0 Å². The third kappa shape index (κ3) is 2.70. The molecule has 0 amide bonds. The van der Waals surface area contributed by atoms with Crippen LogP contribution in [0.4, 0.5) is 8.78 Å². The lowest BCUT2D eigenvalue weighted by Crippen LogP contribution is -2.51. The number of alkyl halides is 2. The average molecular weight is 256 g/mol. The fourth-order valence-electron chi connectivity index (χ4n) is 2.13. The van der Waals surface area contributed by atoms with Crippen LogP contribution in [0.2, 0.25) is 0 Å². The maximum absolute atomic E-state index is 12.4. The van der Waals surface area contributed by atoms with E-state index >= 15 is 0 Å². The lowest BCUT2D eigenvalue weighted by Gasteiger charge is -2.37. The van der Waals surface area contributed by atoms with Crippen molar-refractivity contribution in [2.75, 3.05) is 13.1 Å². The zero-order valence-electron chi connectivity index (χ0n) is 9.27. The van der Waals surface area contributed by atoms with Gasteiger partial charge in [0.05, 0.1) is 0 Å². The van der Waals surface area contributed by atoms with Gasteiger partial charge in [-0.3, -0.25) is 0 Å². The first kappa shape index (κ1) is 13.8. The van der Waals surface area contributed by atoms with E-state index in [4.69, 9.17) is 5.73 Å². The van der Waals surface area contributed by atoms with Crippen molar-refractivity contribution in [1.82, 2.24) is 4.31 Å². The summed E-state index contributed by atoms with van der Waals surface area (Å²) < 4.78 is 48.4. The summed E-state index contributed by atoms with van der Waals surface area (Å²) in [7, 11) is -4.47. The van der Waals surface area contributed by atoms with Crippen LogP contribution in [0.3, 0.4) is 0 Å². The van der Waals surface area contributed by atoms with Crippen molar-refractivity contribution in [2.24, 2.45) is 11.7 Å². The Morgan fingerprint density at radius 3 is 2.56 bits per heavy atom. The SMILES string of the molecule is CCC1CCN(S(=O)(=O)C(F)F)C(CN)C1. The Kier molecular flexibility index (Phi) is 4.63. The molecule has 1 aliphatic rings. The van der Waals surface area contributed by atoms with Gasteiger partial charge in [-0.15, -0.1) is 0 Å². The van der Waals surface area contributed by atoms with Gasteiger partial charge in [-0.25, -0.2) is 8.42 Å². The van der Waals surface area contributed by atoms with E-state index in [0.29, 0.717) is 18.8 Å². The highest BCUT2D eigenvalue weighted by Crippen LogP contribution is 2.28. The van der Waals surface area contributed by atoms with Crippen LogP contribution >= 0.6 is 0 Å². The van der Waals surface area contributed by atoms with E-state index in [1.54, 1.807) is 0 Å². The standard InChI is InChI=1S/C9H18F2N2O2S/c1-2-7-3-4-13(8(5-7)6-12)16(14,15)9(10)11/h7-9H,2-6,12H2,1H3. The molecule has 96 valence electrons. The van der Waals surface area contributed by atoms with Gasteiger partial charge in [-0.1, -0.05) is 13.3 Å². The summed E-state index contributed by atoms with van der Waals surface area (Å²) in [6.07, 6.45) is 2.15. The minimum atomic E-state index is -4.47. The fourth-order valence-corrected chi connectivity index (χ4v) is 3.29. The van der Waals surface area contributed by atoms with Gasteiger partial charge in [0.25, 0.3) is 10.0 Å². The second kappa shape index (κ2) is 5.37. The van der Waals surface area contributed by atoms with Gasteiger partial charge >= 0.3 is 5.76 Å². The zero-order valence-corrected chi connectivity index (χ0v) is 10.1. The minimum Gasteiger partial charge on any atom is -0.329 e. The van der Waals surface area contributed by atoms with Crippen LogP contribution in [0.5, 0.6) is 0 Å². The summed E-state index contributed by atoms with van der Waals surface area (Å²) in [6, 6.07) is -0.474. The Morgan fingerprint density at radius 1 is 1.50 bits per heavy atom. The lowest BCUT2D eigenvalue weighted by atomic mass is 9.90. The van der Waals surface area contributed by atoms with E-state index in [9.17, 15) is 17.2 Å². The first-order valence-electron chi connectivity index (χ1n) is 5.42. The number of halogens is 2.